The van der Waals surface area contributed by atoms with Gasteiger partial charge in [-0.15, -0.1) is 0 Å². The van der Waals surface area contributed by atoms with Crippen molar-refractivity contribution in [1.29, 1.82) is 0 Å². The van der Waals surface area contributed by atoms with Gasteiger partial charge in [0.25, 0.3) is 0 Å². The van der Waals surface area contributed by atoms with Crippen LogP contribution in [-0.2, 0) is 4.74 Å². The Morgan fingerprint density at radius 1 is 1.08 bits per heavy atom. The number of carbonyl (C=O) groups excluding carboxylic acids is 1. The van der Waals surface area contributed by atoms with E-state index in [-0.39, 0.29) is 6.09 Å². The molecule has 1 amide bonds. The van der Waals surface area contributed by atoms with Crippen LogP contribution in [0.15, 0.2) is 4.99 Å². The zero-order valence-electron chi connectivity index (χ0n) is 16.9. The van der Waals surface area contributed by atoms with Gasteiger partial charge < -0.3 is 19.9 Å². The van der Waals surface area contributed by atoms with E-state index in [9.17, 15) is 4.79 Å². The van der Waals surface area contributed by atoms with E-state index in [2.05, 4.69) is 49.7 Å². The molecule has 0 aromatic rings. The summed E-state index contributed by atoms with van der Waals surface area (Å²) in [6.45, 7) is 18.7. The number of hydrogen-bond donors (Lipinski definition) is 1. The van der Waals surface area contributed by atoms with Crippen molar-refractivity contribution in [3.63, 3.8) is 0 Å². The van der Waals surface area contributed by atoms with E-state index in [4.69, 9.17) is 9.73 Å². The second-order valence-corrected chi connectivity index (χ2v) is 6.83. The Hall–Kier alpha value is -1.50. The Morgan fingerprint density at radius 2 is 1.64 bits per heavy atom. The molecule has 1 N–H and O–H groups in total. The number of rotatable bonds is 7. The van der Waals surface area contributed by atoms with Gasteiger partial charge in [0.2, 0.25) is 0 Å². The van der Waals surface area contributed by atoms with Crippen LogP contribution in [0.5, 0.6) is 0 Å². The monoisotopic (exact) mass is 355 g/mol. The van der Waals surface area contributed by atoms with Gasteiger partial charge in [0.05, 0.1) is 13.2 Å². The Morgan fingerprint density at radius 3 is 2.12 bits per heavy atom. The number of hydrogen-bond acceptors (Lipinski definition) is 4. The third-order valence-electron chi connectivity index (χ3n) is 4.39. The summed E-state index contributed by atoms with van der Waals surface area (Å²) in [5.41, 5.74) is 0. The fraction of sp³-hybridized carbons (Fsp3) is 0.889. The molecule has 1 heterocycles. The Kier molecular flexibility index (Phi) is 9.63. The summed E-state index contributed by atoms with van der Waals surface area (Å²) in [6, 6.07) is 1.04. The number of ether oxygens (including phenoxy) is 1. The number of carbonyl (C=O) groups is 1. The van der Waals surface area contributed by atoms with Crippen molar-refractivity contribution in [3.05, 3.63) is 0 Å². The molecule has 1 saturated heterocycles. The van der Waals surface area contributed by atoms with Crippen LogP contribution < -0.4 is 5.32 Å². The quantitative estimate of drug-likeness (QED) is 0.558. The molecule has 1 fully saturated rings. The topological polar surface area (TPSA) is 60.4 Å². The molecule has 7 heteroatoms. The summed E-state index contributed by atoms with van der Waals surface area (Å²) in [4.78, 5) is 23.1. The van der Waals surface area contributed by atoms with Crippen LogP contribution in [0.25, 0.3) is 0 Å². The van der Waals surface area contributed by atoms with E-state index in [0.29, 0.717) is 31.8 Å². The molecule has 7 nitrogen and oxygen atoms in total. The highest BCUT2D eigenvalue weighted by atomic mass is 16.6. The van der Waals surface area contributed by atoms with Gasteiger partial charge in [0.1, 0.15) is 0 Å². The Labute approximate surface area is 153 Å². The number of aliphatic imine (C=N–C) groups is 1. The molecule has 0 radical (unpaired) electrons. The molecule has 0 saturated carbocycles. The van der Waals surface area contributed by atoms with E-state index in [1.807, 2.05) is 6.92 Å². The predicted octanol–water partition coefficient (Wildman–Crippen LogP) is 1.84. The van der Waals surface area contributed by atoms with E-state index >= 15 is 0 Å². The molecule has 1 aliphatic rings. The maximum atomic E-state index is 11.8. The number of amides is 1. The summed E-state index contributed by atoms with van der Waals surface area (Å²) in [5, 5.41) is 3.38. The van der Waals surface area contributed by atoms with Gasteiger partial charge in [-0.25, -0.2) is 4.79 Å². The minimum absolute atomic E-state index is 0.214. The summed E-state index contributed by atoms with van der Waals surface area (Å²) in [7, 11) is 0. The second-order valence-electron chi connectivity index (χ2n) is 6.83. The summed E-state index contributed by atoms with van der Waals surface area (Å²) in [5.74, 6) is 0.943. The van der Waals surface area contributed by atoms with Crippen LogP contribution in [0.3, 0.4) is 0 Å². The van der Waals surface area contributed by atoms with Gasteiger partial charge in [-0.1, -0.05) is 0 Å². The normalized spacial score (nSPS) is 16.1. The smallest absolute Gasteiger partial charge is 0.409 e. The van der Waals surface area contributed by atoms with Crippen molar-refractivity contribution in [2.75, 3.05) is 52.4 Å². The minimum Gasteiger partial charge on any atom is -0.450 e. The lowest BCUT2D eigenvalue weighted by molar-refractivity contribution is 0.0914. The largest absolute Gasteiger partial charge is 0.450 e. The fourth-order valence-electron chi connectivity index (χ4n) is 3.13. The average molecular weight is 356 g/mol. The van der Waals surface area contributed by atoms with Crippen molar-refractivity contribution >= 4 is 12.1 Å². The first-order chi connectivity index (χ1) is 11.9. The number of nitrogens with one attached hydrogen (secondary N) is 1. The van der Waals surface area contributed by atoms with E-state index in [1.165, 1.54) is 0 Å². The second kappa shape index (κ2) is 11.2. The van der Waals surface area contributed by atoms with Gasteiger partial charge >= 0.3 is 6.09 Å². The van der Waals surface area contributed by atoms with Gasteiger partial charge in [-0.05, 0) is 41.5 Å². The first kappa shape index (κ1) is 21.5. The lowest BCUT2D eigenvalue weighted by Crippen LogP contribution is -2.54. The zero-order valence-corrected chi connectivity index (χ0v) is 16.9. The molecular weight excluding hydrogens is 318 g/mol. The molecule has 146 valence electrons. The molecule has 0 aliphatic carbocycles. The summed E-state index contributed by atoms with van der Waals surface area (Å²) >= 11 is 0. The number of piperazine rings is 1. The highest BCUT2D eigenvalue weighted by molar-refractivity contribution is 5.80. The predicted molar refractivity (Wildman–Crippen MR) is 103 cm³/mol. The highest BCUT2D eigenvalue weighted by Gasteiger charge is 2.23. The van der Waals surface area contributed by atoms with Crippen LogP contribution in [0.2, 0.25) is 0 Å². The molecule has 0 spiro atoms. The summed E-state index contributed by atoms with van der Waals surface area (Å²) in [6.07, 6.45) is -0.214. The highest BCUT2D eigenvalue weighted by Crippen LogP contribution is 2.06. The molecule has 0 aromatic carbocycles. The first-order valence-electron chi connectivity index (χ1n) is 9.61. The van der Waals surface area contributed by atoms with Crippen LogP contribution in [0.1, 0.15) is 41.5 Å². The molecule has 0 aromatic heterocycles. The zero-order chi connectivity index (χ0) is 18.8. The molecule has 0 atom stereocenters. The van der Waals surface area contributed by atoms with Crippen LogP contribution in [-0.4, -0.2) is 91.3 Å². The number of nitrogens with zero attached hydrogens (tertiary/aromatic N) is 4. The maximum Gasteiger partial charge on any atom is 0.409 e. The Balaban J connectivity index is 2.57. The van der Waals surface area contributed by atoms with Gasteiger partial charge in [-0.3, -0.25) is 9.89 Å². The van der Waals surface area contributed by atoms with Crippen molar-refractivity contribution in [2.24, 2.45) is 4.99 Å². The van der Waals surface area contributed by atoms with Gasteiger partial charge in [0.15, 0.2) is 5.96 Å². The lowest BCUT2D eigenvalue weighted by atomic mass is 10.2. The average Bonchev–Trinajstić information content (AvgIpc) is 2.57. The van der Waals surface area contributed by atoms with Crippen molar-refractivity contribution in [3.8, 4) is 0 Å². The minimum atomic E-state index is -0.214. The standard InChI is InChI=1S/C18H37N5O2/c1-7-19-17(20-9-10-23(15(3)4)16(5)6)21-11-13-22(14-12-21)18(24)25-8-2/h15-16H,7-14H2,1-6H3,(H,19,20). The number of guanidine groups is 1. The fourth-order valence-corrected chi connectivity index (χ4v) is 3.13. The lowest BCUT2D eigenvalue weighted by Gasteiger charge is -2.36. The Bertz CT molecular complexity index is 410. The maximum absolute atomic E-state index is 11.8. The molecule has 0 bridgehead atoms. The molecular formula is C18H37N5O2. The van der Waals surface area contributed by atoms with Crippen molar-refractivity contribution < 1.29 is 9.53 Å². The van der Waals surface area contributed by atoms with Crippen molar-refractivity contribution in [1.82, 2.24) is 20.0 Å². The van der Waals surface area contributed by atoms with Gasteiger partial charge in [0, 0.05) is 51.4 Å². The third kappa shape index (κ3) is 7.10. The van der Waals surface area contributed by atoms with Crippen molar-refractivity contribution in [2.45, 2.75) is 53.6 Å². The first-order valence-corrected chi connectivity index (χ1v) is 9.61. The van der Waals surface area contributed by atoms with Crippen LogP contribution in [0.4, 0.5) is 4.79 Å². The molecule has 25 heavy (non-hydrogen) atoms. The van der Waals surface area contributed by atoms with Crippen LogP contribution in [0, 0.1) is 0 Å². The molecule has 1 aliphatic heterocycles. The molecule has 0 unspecified atom stereocenters. The van der Waals surface area contributed by atoms with Gasteiger partial charge in [-0.2, -0.15) is 0 Å². The van der Waals surface area contributed by atoms with E-state index < -0.39 is 0 Å². The summed E-state index contributed by atoms with van der Waals surface area (Å²) < 4.78 is 5.08. The SMILES string of the molecule is CCNC(=NCCN(C(C)C)C(C)C)N1CCN(C(=O)OCC)CC1. The third-order valence-corrected chi connectivity index (χ3v) is 4.39. The van der Waals surface area contributed by atoms with E-state index in [1.54, 1.807) is 4.90 Å². The van der Waals surface area contributed by atoms with Crippen LogP contribution >= 0.6 is 0 Å². The van der Waals surface area contributed by atoms with E-state index in [0.717, 1.165) is 38.7 Å². The molecule has 1 rings (SSSR count).